The highest BCUT2D eigenvalue weighted by atomic mass is 32.1. The number of likely N-dealkylation sites (tertiary alicyclic amines) is 2. The van der Waals surface area contributed by atoms with E-state index in [1.54, 1.807) is 0 Å². The van der Waals surface area contributed by atoms with Crippen LogP contribution in [0.5, 0.6) is 0 Å². The molecule has 0 spiro atoms. The van der Waals surface area contributed by atoms with Gasteiger partial charge in [-0.15, -0.1) is 11.3 Å². The summed E-state index contributed by atoms with van der Waals surface area (Å²) in [5, 5.41) is 2.14. The first kappa shape index (κ1) is 15.9. The van der Waals surface area contributed by atoms with Gasteiger partial charge in [0, 0.05) is 55.4 Å². The van der Waals surface area contributed by atoms with Crippen LogP contribution in [0.25, 0.3) is 0 Å². The van der Waals surface area contributed by atoms with Crippen molar-refractivity contribution in [3.05, 3.63) is 46.4 Å². The summed E-state index contributed by atoms with van der Waals surface area (Å²) >= 11 is 1.82. The number of nitrogens with zero attached hydrogens (tertiary/aromatic N) is 3. The Labute approximate surface area is 147 Å². The first-order valence-electron chi connectivity index (χ1n) is 8.98. The van der Waals surface area contributed by atoms with Crippen LogP contribution in [0.1, 0.15) is 36.3 Å². The highest BCUT2D eigenvalue weighted by Gasteiger charge is 2.30. The number of carbonyl (C=O) groups excluding carboxylic acids is 1. The van der Waals surface area contributed by atoms with Crippen LogP contribution in [-0.4, -0.2) is 46.0 Å². The molecule has 1 amide bonds. The molecule has 0 N–H and O–H groups in total. The van der Waals surface area contributed by atoms with Crippen molar-refractivity contribution in [3.63, 3.8) is 0 Å². The molecule has 2 aromatic rings. The van der Waals surface area contributed by atoms with Gasteiger partial charge in [0.05, 0.1) is 6.54 Å². The van der Waals surface area contributed by atoms with Crippen LogP contribution in [0.2, 0.25) is 0 Å². The van der Waals surface area contributed by atoms with Gasteiger partial charge in [-0.3, -0.25) is 9.69 Å². The Morgan fingerprint density at radius 3 is 2.67 bits per heavy atom. The zero-order chi connectivity index (χ0) is 16.4. The molecule has 0 aromatic carbocycles. The summed E-state index contributed by atoms with van der Waals surface area (Å²) in [4.78, 5) is 18.0. The molecule has 4 heterocycles. The fourth-order valence-corrected chi connectivity index (χ4v) is 4.69. The van der Waals surface area contributed by atoms with Gasteiger partial charge < -0.3 is 9.47 Å². The van der Waals surface area contributed by atoms with Gasteiger partial charge in [-0.1, -0.05) is 6.07 Å². The quantitative estimate of drug-likeness (QED) is 0.834. The second-order valence-electron chi connectivity index (χ2n) is 6.90. The molecule has 0 aliphatic carbocycles. The van der Waals surface area contributed by atoms with Crippen LogP contribution in [-0.2, 0) is 17.9 Å². The minimum Gasteiger partial charge on any atom is -0.345 e. The molecule has 2 fully saturated rings. The van der Waals surface area contributed by atoms with E-state index in [0.29, 0.717) is 11.9 Å². The Kier molecular flexibility index (Phi) is 4.72. The van der Waals surface area contributed by atoms with Gasteiger partial charge >= 0.3 is 0 Å². The Hall–Kier alpha value is -1.59. The average molecular weight is 343 g/mol. The van der Waals surface area contributed by atoms with Crippen molar-refractivity contribution < 1.29 is 4.79 Å². The van der Waals surface area contributed by atoms with Crippen LogP contribution in [0, 0.1) is 0 Å². The highest BCUT2D eigenvalue weighted by Crippen LogP contribution is 2.23. The van der Waals surface area contributed by atoms with E-state index in [-0.39, 0.29) is 0 Å². The number of carbonyl (C=O) groups is 1. The fourth-order valence-electron chi connectivity index (χ4n) is 3.99. The minimum absolute atomic E-state index is 0.373. The van der Waals surface area contributed by atoms with Gasteiger partial charge in [0.2, 0.25) is 5.91 Å². The first-order valence-corrected chi connectivity index (χ1v) is 9.86. The van der Waals surface area contributed by atoms with Crippen molar-refractivity contribution in [3.8, 4) is 0 Å². The second kappa shape index (κ2) is 7.11. The third-order valence-electron chi connectivity index (χ3n) is 5.32. The Morgan fingerprint density at radius 1 is 1.08 bits per heavy atom. The Balaban J connectivity index is 1.33. The van der Waals surface area contributed by atoms with Gasteiger partial charge in [0.15, 0.2) is 0 Å². The molecule has 0 bridgehead atoms. The van der Waals surface area contributed by atoms with Crippen molar-refractivity contribution >= 4 is 17.2 Å². The molecular weight excluding hydrogens is 318 g/mol. The summed E-state index contributed by atoms with van der Waals surface area (Å²) in [6, 6.07) is 9.19. The fraction of sp³-hybridized carbons (Fsp3) is 0.526. The summed E-state index contributed by atoms with van der Waals surface area (Å²) in [5.74, 6) is 0.373. The topological polar surface area (TPSA) is 28.5 Å². The van der Waals surface area contributed by atoms with E-state index in [9.17, 15) is 4.79 Å². The third kappa shape index (κ3) is 3.42. The molecule has 0 atom stereocenters. The maximum absolute atomic E-state index is 11.9. The van der Waals surface area contributed by atoms with Crippen molar-refractivity contribution in [2.45, 2.75) is 44.8 Å². The predicted molar refractivity (Wildman–Crippen MR) is 97.1 cm³/mol. The number of hydrogen-bond donors (Lipinski definition) is 0. The summed E-state index contributed by atoms with van der Waals surface area (Å²) < 4.78 is 2.36. The predicted octanol–water partition coefficient (Wildman–Crippen LogP) is 3.18. The molecule has 0 radical (unpaired) electrons. The zero-order valence-corrected chi connectivity index (χ0v) is 14.9. The van der Waals surface area contributed by atoms with Crippen LogP contribution < -0.4 is 0 Å². The number of thiophene rings is 1. The highest BCUT2D eigenvalue weighted by molar-refractivity contribution is 7.09. The van der Waals surface area contributed by atoms with Gasteiger partial charge in [-0.25, -0.2) is 0 Å². The van der Waals surface area contributed by atoms with Gasteiger partial charge in [0.25, 0.3) is 0 Å². The number of aromatic nitrogens is 1. The van der Waals surface area contributed by atoms with E-state index in [2.05, 4.69) is 50.2 Å². The lowest BCUT2D eigenvalue weighted by Gasteiger charge is -2.36. The molecule has 0 unspecified atom stereocenters. The number of piperidine rings is 1. The molecule has 4 rings (SSSR count). The molecule has 4 nitrogen and oxygen atoms in total. The largest absolute Gasteiger partial charge is 0.345 e. The summed E-state index contributed by atoms with van der Waals surface area (Å²) in [6.07, 6.45) is 6.24. The Morgan fingerprint density at radius 2 is 1.96 bits per heavy atom. The number of rotatable bonds is 5. The van der Waals surface area contributed by atoms with Crippen molar-refractivity contribution in [2.24, 2.45) is 0 Å². The lowest BCUT2D eigenvalue weighted by Crippen LogP contribution is -2.45. The molecular formula is C19H25N3OS. The smallest absolute Gasteiger partial charge is 0.222 e. The van der Waals surface area contributed by atoms with E-state index in [1.165, 1.54) is 10.6 Å². The normalized spacial score (nSPS) is 20.2. The van der Waals surface area contributed by atoms with E-state index in [1.807, 2.05) is 11.3 Å². The molecule has 2 saturated heterocycles. The molecule has 128 valence electrons. The van der Waals surface area contributed by atoms with Crippen molar-refractivity contribution in [1.29, 1.82) is 0 Å². The molecule has 0 saturated carbocycles. The minimum atomic E-state index is 0.373. The lowest BCUT2D eigenvalue weighted by molar-refractivity contribution is -0.130. The maximum atomic E-state index is 11.9. The van der Waals surface area contributed by atoms with Crippen molar-refractivity contribution in [2.75, 3.05) is 19.6 Å². The maximum Gasteiger partial charge on any atom is 0.222 e. The van der Waals surface area contributed by atoms with E-state index >= 15 is 0 Å². The van der Waals surface area contributed by atoms with Crippen LogP contribution in [0.3, 0.4) is 0 Å². The van der Waals surface area contributed by atoms with E-state index in [0.717, 1.165) is 58.4 Å². The molecule has 2 aliphatic rings. The monoisotopic (exact) mass is 343 g/mol. The SMILES string of the molecule is O=C1CCCN1C1CCN(Cc2cccn2Cc2cccs2)CC1. The average Bonchev–Trinajstić information content (AvgIpc) is 3.33. The number of hydrogen-bond acceptors (Lipinski definition) is 3. The summed E-state index contributed by atoms with van der Waals surface area (Å²) in [7, 11) is 0. The Bertz CT molecular complexity index is 671. The van der Waals surface area contributed by atoms with Gasteiger partial charge in [0.1, 0.15) is 0 Å². The van der Waals surface area contributed by atoms with Crippen molar-refractivity contribution in [1.82, 2.24) is 14.4 Å². The van der Waals surface area contributed by atoms with E-state index in [4.69, 9.17) is 0 Å². The van der Waals surface area contributed by atoms with Crippen LogP contribution in [0.4, 0.5) is 0 Å². The molecule has 5 heteroatoms. The van der Waals surface area contributed by atoms with Gasteiger partial charge in [-0.2, -0.15) is 0 Å². The van der Waals surface area contributed by atoms with Crippen LogP contribution >= 0.6 is 11.3 Å². The summed E-state index contributed by atoms with van der Waals surface area (Å²) in [6.45, 7) is 5.15. The van der Waals surface area contributed by atoms with Gasteiger partial charge in [-0.05, 0) is 42.8 Å². The zero-order valence-electron chi connectivity index (χ0n) is 14.1. The second-order valence-corrected chi connectivity index (χ2v) is 7.94. The molecule has 24 heavy (non-hydrogen) atoms. The number of amides is 1. The third-order valence-corrected chi connectivity index (χ3v) is 6.18. The standard InChI is InChI=1S/C19H25N3OS/c23-19-6-2-10-22(19)16-7-11-20(12-8-16)14-17-4-1-9-21(17)15-18-5-3-13-24-18/h1,3-5,9,13,16H,2,6-8,10-12,14-15H2. The summed E-state index contributed by atoms with van der Waals surface area (Å²) in [5.41, 5.74) is 1.39. The van der Waals surface area contributed by atoms with Crippen LogP contribution in [0.15, 0.2) is 35.8 Å². The molecule has 2 aliphatic heterocycles. The lowest BCUT2D eigenvalue weighted by atomic mass is 10.0. The first-order chi connectivity index (χ1) is 11.8. The molecule has 2 aromatic heterocycles. The van der Waals surface area contributed by atoms with E-state index < -0.39 is 0 Å².